The number of ether oxygens (including phenoxy) is 1. The Labute approximate surface area is 194 Å². The van der Waals surface area contributed by atoms with Gasteiger partial charge >= 0.3 is 6.09 Å². The summed E-state index contributed by atoms with van der Waals surface area (Å²) in [6, 6.07) is 7.47. The van der Waals surface area contributed by atoms with Crippen LogP contribution in [0.2, 0.25) is 5.02 Å². The third kappa shape index (κ3) is 4.02. The number of benzene rings is 1. The maximum Gasteiger partial charge on any atom is 0.412 e. The minimum Gasteiger partial charge on any atom is -0.490 e. The second-order valence-electron chi connectivity index (χ2n) is 8.20. The first-order chi connectivity index (χ1) is 15.5. The Morgan fingerprint density at radius 1 is 1.22 bits per heavy atom. The number of anilines is 1. The van der Waals surface area contributed by atoms with Crippen LogP contribution in [0.15, 0.2) is 45.6 Å². The van der Waals surface area contributed by atoms with Crippen molar-refractivity contribution in [2.24, 2.45) is 16.1 Å². The van der Waals surface area contributed by atoms with Gasteiger partial charge in [0.15, 0.2) is 0 Å². The van der Waals surface area contributed by atoms with Gasteiger partial charge in [-0.3, -0.25) is 4.90 Å². The molecule has 5 rings (SSSR count). The van der Waals surface area contributed by atoms with E-state index in [0.717, 1.165) is 48.0 Å². The Hall–Kier alpha value is -2.77. The van der Waals surface area contributed by atoms with Crippen LogP contribution >= 0.6 is 23.2 Å². The van der Waals surface area contributed by atoms with E-state index in [2.05, 4.69) is 15.2 Å². The summed E-state index contributed by atoms with van der Waals surface area (Å²) in [4.78, 5) is 16.6. The fourth-order valence-electron chi connectivity index (χ4n) is 4.68. The predicted molar refractivity (Wildman–Crippen MR) is 124 cm³/mol. The highest BCUT2D eigenvalue weighted by molar-refractivity contribution is 6.34. The molecule has 0 unspecified atom stereocenters. The van der Waals surface area contributed by atoms with Crippen molar-refractivity contribution in [3.8, 4) is 5.75 Å². The highest BCUT2D eigenvalue weighted by Crippen LogP contribution is 2.35. The molecule has 1 saturated carbocycles. The molecular weight excluding hydrogens is 451 g/mol. The van der Waals surface area contributed by atoms with Gasteiger partial charge < -0.3 is 14.8 Å². The van der Waals surface area contributed by atoms with Gasteiger partial charge in [-0.25, -0.2) is 4.79 Å². The van der Waals surface area contributed by atoms with Crippen molar-refractivity contribution in [1.29, 1.82) is 0 Å². The second-order valence-corrected chi connectivity index (χ2v) is 9.07. The highest BCUT2D eigenvalue weighted by atomic mass is 35.5. The highest BCUT2D eigenvalue weighted by Gasteiger charge is 2.30. The first-order valence-corrected chi connectivity index (χ1v) is 11.4. The molecule has 166 valence electrons. The number of hydrogen-bond donors (Lipinski definition) is 2. The molecular formula is C23H22Cl2N4O3. The molecule has 1 amide bonds. The topological polar surface area (TPSA) is 90.3 Å². The number of carbonyl (C=O) groups is 1. The first kappa shape index (κ1) is 21.1. The summed E-state index contributed by atoms with van der Waals surface area (Å²) < 4.78 is 6.12. The lowest BCUT2D eigenvalue weighted by Crippen LogP contribution is -2.33. The number of rotatable bonds is 3. The van der Waals surface area contributed by atoms with Crippen LogP contribution in [0.25, 0.3) is 11.8 Å². The number of allylic oxidation sites excluding steroid dienone is 1. The van der Waals surface area contributed by atoms with E-state index < -0.39 is 6.09 Å². The van der Waals surface area contributed by atoms with Gasteiger partial charge in [0.05, 0.1) is 34.7 Å². The maximum atomic E-state index is 11.9. The minimum absolute atomic E-state index is 0.130. The van der Waals surface area contributed by atoms with Crippen LogP contribution in [0.4, 0.5) is 10.5 Å². The van der Waals surface area contributed by atoms with E-state index >= 15 is 0 Å². The third-order valence-corrected chi connectivity index (χ3v) is 6.68. The van der Waals surface area contributed by atoms with E-state index in [1.54, 1.807) is 12.2 Å². The molecule has 3 aliphatic rings. The lowest BCUT2D eigenvalue weighted by Gasteiger charge is -2.29. The van der Waals surface area contributed by atoms with E-state index in [4.69, 9.17) is 27.9 Å². The summed E-state index contributed by atoms with van der Waals surface area (Å²) in [5.74, 6) is 1.01. The number of amides is 1. The zero-order valence-electron chi connectivity index (χ0n) is 17.2. The van der Waals surface area contributed by atoms with Crippen LogP contribution in [-0.2, 0) is 6.54 Å². The molecule has 2 aliphatic heterocycles. The molecule has 32 heavy (non-hydrogen) atoms. The normalized spacial score (nSPS) is 22.4. The van der Waals surface area contributed by atoms with Crippen molar-refractivity contribution in [2.45, 2.75) is 38.3 Å². The molecule has 0 atom stereocenters. The van der Waals surface area contributed by atoms with Crippen molar-refractivity contribution in [3.05, 3.63) is 56.7 Å². The van der Waals surface area contributed by atoms with Gasteiger partial charge in [0.1, 0.15) is 5.75 Å². The quantitative estimate of drug-likeness (QED) is 0.672. The molecule has 1 aromatic heterocycles. The number of halogens is 2. The molecule has 2 aromatic rings. The van der Waals surface area contributed by atoms with Crippen LogP contribution in [-0.4, -0.2) is 28.8 Å². The Morgan fingerprint density at radius 3 is 2.78 bits per heavy atom. The lowest BCUT2D eigenvalue weighted by molar-refractivity contribution is 0.142. The largest absolute Gasteiger partial charge is 0.490 e. The molecule has 3 heterocycles. The van der Waals surface area contributed by atoms with Crippen molar-refractivity contribution in [2.75, 3.05) is 11.4 Å². The Morgan fingerprint density at radius 2 is 2.03 bits per heavy atom. The molecule has 0 bridgehead atoms. The van der Waals surface area contributed by atoms with Gasteiger partial charge in [0.2, 0.25) is 0 Å². The number of hydrogen-bond acceptors (Lipinski definition) is 4. The number of H-pyrrole nitrogens is 1. The zero-order valence-corrected chi connectivity index (χ0v) is 18.7. The van der Waals surface area contributed by atoms with Gasteiger partial charge in [0, 0.05) is 28.1 Å². The number of fused-ring (bicyclic) bond motifs is 3. The SMILES string of the molecule is O=C(O)N1CC=C(Cl)C=c2[nH]c3c(c21)CN=NC=3C1CCC(Oc2cccc(Cl)c2)CC1. The van der Waals surface area contributed by atoms with E-state index in [1.807, 2.05) is 24.3 Å². The van der Waals surface area contributed by atoms with Gasteiger partial charge in [-0.05, 0) is 56.0 Å². The average molecular weight is 473 g/mol. The standard InChI is InChI=1S/C23H22Cl2N4O3/c24-14-2-1-3-17(10-14)32-16-6-4-13(5-7-16)20-21-18(12-26-28-20)22-19(27-21)11-15(25)8-9-29(22)23(30)31/h1-3,8,10-11,13,16,27H,4-7,9,12H2,(H,30,31). The second kappa shape index (κ2) is 8.64. The first-order valence-electron chi connectivity index (χ1n) is 10.6. The monoisotopic (exact) mass is 472 g/mol. The molecule has 9 heteroatoms. The summed E-state index contributed by atoms with van der Waals surface area (Å²) in [5.41, 5.74) is 2.37. The Kier molecular flexibility index (Phi) is 5.69. The van der Waals surface area contributed by atoms with E-state index in [0.29, 0.717) is 27.6 Å². The number of nitrogens with one attached hydrogen (secondary N) is 1. The van der Waals surface area contributed by atoms with Crippen LogP contribution in [0.1, 0.15) is 31.2 Å². The van der Waals surface area contributed by atoms with Crippen LogP contribution in [0.5, 0.6) is 5.75 Å². The number of carboxylic acid groups (broad SMARTS) is 1. The average Bonchev–Trinajstić information content (AvgIpc) is 3.03. The molecule has 0 saturated heterocycles. The predicted octanol–water partition coefficient (Wildman–Crippen LogP) is 4.78. The summed E-state index contributed by atoms with van der Waals surface area (Å²) >= 11 is 12.3. The van der Waals surface area contributed by atoms with E-state index in [-0.39, 0.29) is 18.6 Å². The maximum absolute atomic E-state index is 11.9. The Balaban J connectivity index is 1.43. The molecule has 2 N–H and O–H groups in total. The van der Waals surface area contributed by atoms with E-state index in [9.17, 15) is 9.90 Å². The number of aromatic amines is 1. The molecule has 1 fully saturated rings. The van der Waals surface area contributed by atoms with Crippen molar-refractivity contribution in [1.82, 2.24) is 4.98 Å². The summed E-state index contributed by atoms with van der Waals surface area (Å²) in [6.45, 7) is 0.535. The van der Waals surface area contributed by atoms with Crippen molar-refractivity contribution >= 4 is 46.8 Å². The summed E-state index contributed by atoms with van der Waals surface area (Å²) in [7, 11) is 0. The molecule has 1 aromatic carbocycles. The van der Waals surface area contributed by atoms with Crippen LogP contribution in [0, 0.1) is 5.92 Å². The Bertz CT molecular complexity index is 1240. The van der Waals surface area contributed by atoms with Crippen LogP contribution in [0.3, 0.4) is 0 Å². The fraction of sp³-hybridized carbons (Fsp3) is 0.348. The van der Waals surface area contributed by atoms with Gasteiger partial charge in [0.25, 0.3) is 0 Å². The molecule has 0 radical (unpaired) electrons. The van der Waals surface area contributed by atoms with Crippen molar-refractivity contribution in [3.63, 3.8) is 0 Å². The number of azo groups is 1. The number of nitrogens with zero attached hydrogens (tertiary/aromatic N) is 3. The molecule has 7 nitrogen and oxygen atoms in total. The van der Waals surface area contributed by atoms with Gasteiger partial charge in [-0.15, -0.1) is 0 Å². The zero-order chi connectivity index (χ0) is 22.2. The fourth-order valence-corrected chi connectivity index (χ4v) is 5.04. The van der Waals surface area contributed by atoms with E-state index in [1.165, 1.54) is 4.90 Å². The summed E-state index contributed by atoms with van der Waals surface area (Å²) in [6.07, 6.45) is 6.18. The lowest BCUT2D eigenvalue weighted by atomic mass is 9.84. The van der Waals surface area contributed by atoms with Gasteiger partial charge in [-0.2, -0.15) is 10.2 Å². The molecule has 1 aliphatic carbocycles. The minimum atomic E-state index is -1.02. The van der Waals surface area contributed by atoms with Gasteiger partial charge in [-0.1, -0.05) is 29.3 Å². The van der Waals surface area contributed by atoms with Crippen molar-refractivity contribution < 1.29 is 14.6 Å². The smallest absolute Gasteiger partial charge is 0.412 e. The van der Waals surface area contributed by atoms with Crippen LogP contribution < -0.4 is 20.3 Å². The molecule has 0 spiro atoms. The summed E-state index contributed by atoms with van der Waals surface area (Å²) in [5, 5.41) is 21.3. The number of aromatic nitrogens is 1. The third-order valence-electron chi connectivity index (χ3n) is 6.18.